The van der Waals surface area contributed by atoms with Crippen molar-refractivity contribution in [3.63, 3.8) is 0 Å². The van der Waals surface area contributed by atoms with Crippen molar-refractivity contribution in [3.8, 4) is 0 Å². The lowest BCUT2D eigenvalue weighted by atomic mass is 10.2. The molecule has 0 radical (unpaired) electrons. The molecular formula is C13H16FN3. The molecule has 3 nitrogen and oxygen atoms in total. The van der Waals surface area contributed by atoms with E-state index in [9.17, 15) is 4.39 Å². The summed E-state index contributed by atoms with van der Waals surface area (Å²) >= 11 is 0. The van der Waals surface area contributed by atoms with Crippen LogP contribution in [0.15, 0.2) is 30.5 Å². The van der Waals surface area contributed by atoms with E-state index in [1.54, 1.807) is 12.1 Å². The molecule has 1 heterocycles. The SMILES string of the molecule is CCc1c(CN)cnn1Cc1ccc(F)cc1. The monoisotopic (exact) mass is 233 g/mol. The number of nitrogens with zero attached hydrogens (tertiary/aromatic N) is 2. The molecule has 1 aromatic heterocycles. The van der Waals surface area contributed by atoms with Crippen LogP contribution < -0.4 is 5.73 Å². The molecule has 0 spiro atoms. The topological polar surface area (TPSA) is 43.8 Å². The molecule has 0 amide bonds. The molecule has 2 N–H and O–H groups in total. The first-order valence-electron chi connectivity index (χ1n) is 5.72. The van der Waals surface area contributed by atoms with Crippen LogP contribution in [0.4, 0.5) is 4.39 Å². The van der Waals surface area contributed by atoms with Crippen LogP contribution in [-0.2, 0) is 19.5 Å². The Kier molecular flexibility index (Phi) is 3.54. The lowest BCUT2D eigenvalue weighted by Crippen LogP contribution is -2.08. The van der Waals surface area contributed by atoms with E-state index in [1.165, 1.54) is 12.1 Å². The number of benzene rings is 1. The highest BCUT2D eigenvalue weighted by Crippen LogP contribution is 2.12. The Balaban J connectivity index is 2.23. The molecule has 0 fully saturated rings. The Hall–Kier alpha value is -1.68. The minimum atomic E-state index is -0.215. The van der Waals surface area contributed by atoms with Gasteiger partial charge in [0.05, 0.1) is 12.7 Å². The average molecular weight is 233 g/mol. The summed E-state index contributed by atoms with van der Waals surface area (Å²) in [5, 5.41) is 4.32. The van der Waals surface area contributed by atoms with Crippen molar-refractivity contribution >= 4 is 0 Å². The predicted molar refractivity (Wildman–Crippen MR) is 65.0 cm³/mol. The number of rotatable bonds is 4. The first-order valence-corrected chi connectivity index (χ1v) is 5.72. The van der Waals surface area contributed by atoms with Crippen LogP contribution in [0, 0.1) is 5.82 Å². The summed E-state index contributed by atoms with van der Waals surface area (Å²) in [6.07, 6.45) is 2.70. The van der Waals surface area contributed by atoms with Gasteiger partial charge in [-0.2, -0.15) is 5.10 Å². The molecule has 0 atom stereocenters. The molecular weight excluding hydrogens is 217 g/mol. The third-order valence-electron chi connectivity index (χ3n) is 2.84. The van der Waals surface area contributed by atoms with Gasteiger partial charge in [0.25, 0.3) is 0 Å². The van der Waals surface area contributed by atoms with Crippen molar-refractivity contribution in [2.75, 3.05) is 0 Å². The zero-order chi connectivity index (χ0) is 12.3. The Bertz CT molecular complexity index is 488. The largest absolute Gasteiger partial charge is 0.326 e. The van der Waals surface area contributed by atoms with Gasteiger partial charge >= 0.3 is 0 Å². The third kappa shape index (κ3) is 2.53. The molecule has 1 aromatic carbocycles. The summed E-state index contributed by atoms with van der Waals surface area (Å²) < 4.78 is 14.7. The van der Waals surface area contributed by atoms with Gasteiger partial charge in [-0.05, 0) is 24.1 Å². The standard InChI is InChI=1S/C13H16FN3/c1-2-13-11(7-15)8-16-17(13)9-10-3-5-12(14)6-4-10/h3-6,8H,2,7,9,15H2,1H3. The van der Waals surface area contributed by atoms with E-state index in [4.69, 9.17) is 5.73 Å². The Morgan fingerprint density at radius 1 is 1.29 bits per heavy atom. The van der Waals surface area contributed by atoms with Gasteiger partial charge in [-0.15, -0.1) is 0 Å². The fourth-order valence-corrected chi connectivity index (χ4v) is 1.93. The van der Waals surface area contributed by atoms with Crippen LogP contribution in [0.5, 0.6) is 0 Å². The number of nitrogens with two attached hydrogens (primary N) is 1. The molecule has 17 heavy (non-hydrogen) atoms. The van der Waals surface area contributed by atoms with Gasteiger partial charge in [0.2, 0.25) is 0 Å². The van der Waals surface area contributed by atoms with Crippen molar-refractivity contribution in [2.45, 2.75) is 26.4 Å². The molecule has 0 unspecified atom stereocenters. The highest BCUT2D eigenvalue weighted by atomic mass is 19.1. The van der Waals surface area contributed by atoms with Crippen LogP contribution in [0.2, 0.25) is 0 Å². The van der Waals surface area contributed by atoms with Crippen LogP contribution in [0.1, 0.15) is 23.7 Å². The zero-order valence-corrected chi connectivity index (χ0v) is 9.86. The van der Waals surface area contributed by atoms with Crippen molar-refractivity contribution in [2.24, 2.45) is 5.73 Å². The summed E-state index contributed by atoms with van der Waals surface area (Å²) in [6.45, 7) is 3.24. The quantitative estimate of drug-likeness (QED) is 0.878. The minimum absolute atomic E-state index is 0.215. The molecule has 4 heteroatoms. The first-order chi connectivity index (χ1) is 8.24. The molecule has 0 bridgehead atoms. The molecule has 0 aliphatic carbocycles. The zero-order valence-electron chi connectivity index (χ0n) is 9.86. The van der Waals surface area contributed by atoms with Gasteiger partial charge in [0.1, 0.15) is 5.82 Å². The summed E-state index contributed by atoms with van der Waals surface area (Å²) in [5.74, 6) is -0.215. The predicted octanol–water partition coefficient (Wildman–Crippen LogP) is 2.09. The molecule has 0 aliphatic heterocycles. The van der Waals surface area contributed by atoms with Crippen LogP contribution in [0.25, 0.3) is 0 Å². The van der Waals surface area contributed by atoms with E-state index in [2.05, 4.69) is 12.0 Å². The Morgan fingerprint density at radius 3 is 2.59 bits per heavy atom. The second-order valence-electron chi connectivity index (χ2n) is 3.96. The Morgan fingerprint density at radius 2 is 2.00 bits per heavy atom. The molecule has 2 aromatic rings. The van der Waals surface area contributed by atoms with E-state index in [0.717, 1.165) is 23.2 Å². The second-order valence-corrected chi connectivity index (χ2v) is 3.96. The fourth-order valence-electron chi connectivity index (χ4n) is 1.93. The summed E-state index contributed by atoms with van der Waals surface area (Å²) in [4.78, 5) is 0. The second kappa shape index (κ2) is 5.10. The molecule has 2 rings (SSSR count). The van der Waals surface area contributed by atoms with Crippen LogP contribution in [0.3, 0.4) is 0 Å². The Labute approximate surface area is 100 Å². The van der Waals surface area contributed by atoms with Gasteiger partial charge in [-0.1, -0.05) is 19.1 Å². The van der Waals surface area contributed by atoms with E-state index < -0.39 is 0 Å². The fraction of sp³-hybridized carbons (Fsp3) is 0.308. The summed E-state index contributed by atoms with van der Waals surface area (Å²) in [7, 11) is 0. The highest BCUT2D eigenvalue weighted by Gasteiger charge is 2.07. The molecule has 0 saturated carbocycles. The van der Waals surface area contributed by atoms with E-state index in [0.29, 0.717) is 13.1 Å². The van der Waals surface area contributed by atoms with Gasteiger partial charge in [-0.3, -0.25) is 4.68 Å². The molecule has 0 aliphatic rings. The number of halogens is 1. The van der Waals surface area contributed by atoms with Gasteiger partial charge < -0.3 is 5.73 Å². The minimum Gasteiger partial charge on any atom is -0.326 e. The van der Waals surface area contributed by atoms with E-state index >= 15 is 0 Å². The van der Waals surface area contributed by atoms with Crippen molar-refractivity contribution < 1.29 is 4.39 Å². The normalized spacial score (nSPS) is 10.8. The highest BCUT2D eigenvalue weighted by molar-refractivity contribution is 5.21. The van der Waals surface area contributed by atoms with Crippen molar-refractivity contribution in [1.82, 2.24) is 9.78 Å². The smallest absolute Gasteiger partial charge is 0.123 e. The lowest BCUT2D eigenvalue weighted by molar-refractivity contribution is 0.621. The van der Waals surface area contributed by atoms with E-state index in [-0.39, 0.29) is 5.82 Å². The number of aromatic nitrogens is 2. The maximum Gasteiger partial charge on any atom is 0.123 e. The van der Waals surface area contributed by atoms with E-state index in [1.807, 2.05) is 10.9 Å². The first kappa shape index (κ1) is 11.8. The average Bonchev–Trinajstić information content (AvgIpc) is 2.74. The van der Waals surface area contributed by atoms with Gasteiger partial charge in [-0.25, -0.2) is 4.39 Å². The van der Waals surface area contributed by atoms with Gasteiger partial charge in [0, 0.05) is 17.8 Å². The lowest BCUT2D eigenvalue weighted by Gasteiger charge is -2.07. The number of hydrogen-bond acceptors (Lipinski definition) is 2. The van der Waals surface area contributed by atoms with Gasteiger partial charge in [0.15, 0.2) is 0 Å². The van der Waals surface area contributed by atoms with Crippen molar-refractivity contribution in [1.29, 1.82) is 0 Å². The summed E-state index contributed by atoms with van der Waals surface area (Å²) in [5.41, 5.74) is 8.91. The maximum absolute atomic E-state index is 12.8. The maximum atomic E-state index is 12.8. The summed E-state index contributed by atoms with van der Waals surface area (Å²) in [6, 6.07) is 6.49. The third-order valence-corrected chi connectivity index (χ3v) is 2.84. The number of hydrogen-bond donors (Lipinski definition) is 1. The van der Waals surface area contributed by atoms with Crippen molar-refractivity contribution in [3.05, 3.63) is 53.1 Å². The molecule has 0 saturated heterocycles. The van der Waals surface area contributed by atoms with Crippen LogP contribution >= 0.6 is 0 Å². The van der Waals surface area contributed by atoms with Crippen LogP contribution in [-0.4, -0.2) is 9.78 Å². The molecule has 90 valence electrons.